The standard InChI is InChI=1S/C24H21Cl2N3O/c25-19-11-7-17(8-12-19)16-29-22-5-2-1-4-21(22)28-23(29)6-3-15-27-24(30)18-9-13-20(26)14-10-18/h1-2,4-5,7-14H,3,6,15-16H2,(H,27,30). The number of carbonyl (C=O) groups is 1. The van der Waals surface area contributed by atoms with E-state index in [9.17, 15) is 4.79 Å². The number of benzene rings is 3. The Balaban J connectivity index is 1.43. The number of aryl methyl sites for hydroxylation is 1. The number of nitrogens with one attached hydrogen (secondary N) is 1. The average Bonchev–Trinajstić information content (AvgIpc) is 3.10. The Hall–Kier alpha value is -2.82. The number of hydrogen-bond acceptors (Lipinski definition) is 2. The van der Waals surface area contributed by atoms with Crippen LogP contribution in [0.15, 0.2) is 72.8 Å². The van der Waals surface area contributed by atoms with E-state index in [0.29, 0.717) is 17.1 Å². The highest BCUT2D eigenvalue weighted by Gasteiger charge is 2.11. The van der Waals surface area contributed by atoms with E-state index in [1.54, 1.807) is 24.3 Å². The molecular formula is C24H21Cl2N3O. The summed E-state index contributed by atoms with van der Waals surface area (Å²) in [5.74, 6) is 0.910. The van der Waals surface area contributed by atoms with E-state index in [1.165, 1.54) is 5.56 Å². The predicted octanol–water partition coefficient (Wildman–Crippen LogP) is 5.75. The lowest BCUT2D eigenvalue weighted by molar-refractivity contribution is 0.0953. The summed E-state index contributed by atoms with van der Waals surface area (Å²) < 4.78 is 2.24. The molecule has 6 heteroatoms. The highest BCUT2D eigenvalue weighted by molar-refractivity contribution is 6.30. The van der Waals surface area contributed by atoms with E-state index >= 15 is 0 Å². The molecule has 1 N–H and O–H groups in total. The third-order valence-electron chi connectivity index (χ3n) is 4.96. The molecule has 3 aromatic carbocycles. The highest BCUT2D eigenvalue weighted by atomic mass is 35.5. The van der Waals surface area contributed by atoms with E-state index in [2.05, 4.69) is 16.0 Å². The predicted molar refractivity (Wildman–Crippen MR) is 122 cm³/mol. The van der Waals surface area contributed by atoms with Crippen LogP contribution in [0.2, 0.25) is 10.0 Å². The first-order valence-electron chi connectivity index (χ1n) is 9.82. The SMILES string of the molecule is O=C(NCCCc1nc2ccccc2n1Cc1ccc(Cl)cc1)c1ccc(Cl)cc1. The van der Waals surface area contributed by atoms with Crippen molar-refractivity contribution in [2.24, 2.45) is 0 Å². The van der Waals surface area contributed by atoms with Gasteiger partial charge in [-0.3, -0.25) is 4.79 Å². The van der Waals surface area contributed by atoms with Gasteiger partial charge in [-0.25, -0.2) is 4.98 Å². The molecule has 0 atom stereocenters. The third kappa shape index (κ3) is 4.84. The van der Waals surface area contributed by atoms with Crippen molar-refractivity contribution >= 4 is 40.1 Å². The van der Waals surface area contributed by atoms with Crippen molar-refractivity contribution < 1.29 is 4.79 Å². The van der Waals surface area contributed by atoms with Crippen LogP contribution >= 0.6 is 23.2 Å². The largest absolute Gasteiger partial charge is 0.352 e. The summed E-state index contributed by atoms with van der Waals surface area (Å²) in [6, 6.07) is 22.9. The fourth-order valence-corrected chi connectivity index (χ4v) is 3.67. The maximum Gasteiger partial charge on any atom is 0.251 e. The summed E-state index contributed by atoms with van der Waals surface area (Å²) in [5.41, 5.74) is 3.86. The minimum Gasteiger partial charge on any atom is -0.352 e. The lowest BCUT2D eigenvalue weighted by Crippen LogP contribution is -2.25. The molecule has 0 saturated carbocycles. The van der Waals surface area contributed by atoms with Crippen LogP contribution in [0.3, 0.4) is 0 Å². The lowest BCUT2D eigenvalue weighted by Gasteiger charge is -2.10. The number of fused-ring (bicyclic) bond motifs is 1. The number of imidazole rings is 1. The van der Waals surface area contributed by atoms with Crippen LogP contribution < -0.4 is 5.32 Å². The molecule has 1 amide bonds. The molecule has 1 aromatic heterocycles. The van der Waals surface area contributed by atoms with Crippen LogP contribution in [-0.2, 0) is 13.0 Å². The Morgan fingerprint density at radius 3 is 2.30 bits per heavy atom. The number of para-hydroxylation sites is 2. The molecule has 4 nitrogen and oxygen atoms in total. The van der Waals surface area contributed by atoms with Gasteiger partial charge in [0.1, 0.15) is 5.82 Å². The molecule has 0 fully saturated rings. The molecule has 4 aromatic rings. The average molecular weight is 438 g/mol. The zero-order chi connectivity index (χ0) is 20.9. The summed E-state index contributed by atoms with van der Waals surface area (Å²) in [4.78, 5) is 17.1. The number of nitrogens with zero attached hydrogens (tertiary/aromatic N) is 2. The van der Waals surface area contributed by atoms with Crippen LogP contribution in [-0.4, -0.2) is 22.0 Å². The van der Waals surface area contributed by atoms with Gasteiger partial charge in [0.15, 0.2) is 0 Å². The van der Waals surface area contributed by atoms with Gasteiger partial charge in [-0.05, 0) is 60.5 Å². The van der Waals surface area contributed by atoms with Gasteiger partial charge in [-0.1, -0.05) is 47.5 Å². The summed E-state index contributed by atoms with van der Waals surface area (Å²) in [7, 11) is 0. The van der Waals surface area contributed by atoms with E-state index in [0.717, 1.165) is 41.3 Å². The first kappa shape index (κ1) is 20.5. The molecule has 0 radical (unpaired) electrons. The Bertz CT molecular complexity index is 1150. The van der Waals surface area contributed by atoms with E-state index in [1.807, 2.05) is 42.5 Å². The number of halogens is 2. The second-order valence-electron chi connectivity index (χ2n) is 7.10. The monoisotopic (exact) mass is 437 g/mol. The van der Waals surface area contributed by atoms with Crippen molar-refractivity contribution in [1.29, 1.82) is 0 Å². The van der Waals surface area contributed by atoms with Gasteiger partial charge in [-0.15, -0.1) is 0 Å². The molecule has 0 aliphatic rings. The number of rotatable bonds is 7. The molecule has 152 valence electrons. The molecule has 0 saturated heterocycles. The van der Waals surface area contributed by atoms with Crippen LogP contribution in [0.1, 0.15) is 28.2 Å². The Kier molecular flexibility index (Phi) is 6.36. The maximum atomic E-state index is 12.3. The van der Waals surface area contributed by atoms with Crippen molar-refractivity contribution in [3.63, 3.8) is 0 Å². The van der Waals surface area contributed by atoms with E-state index < -0.39 is 0 Å². The zero-order valence-corrected chi connectivity index (χ0v) is 17.8. The number of carbonyl (C=O) groups excluding carboxylic acids is 1. The van der Waals surface area contributed by atoms with Crippen molar-refractivity contribution in [2.75, 3.05) is 6.54 Å². The number of aromatic nitrogens is 2. The molecule has 1 heterocycles. The van der Waals surface area contributed by atoms with Crippen LogP contribution in [0.4, 0.5) is 0 Å². The highest BCUT2D eigenvalue weighted by Crippen LogP contribution is 2.20. The van der Waals surface area contributed by atoms with Gasteiger partial charge in [0, 0.05) is 35.1 Å². The first-order valence-corrected chi connectivity index (χ1v) is 10.6. The summed E-state index contributed by atoms with van der Waals surface area (Å²) in [6.45, 7) is 1.30. The third-order valence-corrected chi connectivity index (χ3v) is 5.46. The second kappa shape index (κ2) is 9.33. The molecule has 0 bridgehead atoms. The van der Waals surface area contributed by atoms with Crippen molar-refractivity contribution in [2.45, 2.75) is 19.4 Å². The molecule has 30 heavy (non-hydrogen) atoms. The minimum atomic E-state index is -0.0960. The number of amides is 1. The van der Waals surface area contributed by atoms with E-state index in [4.69, 9.17) is 28.2 Å². The Morgan fingerprint density at radius 2 is 1.57 bits per heavy atom. The van der Waals surface area contributed by atoms with Crippen LogP contribution in [0.5, 0.6) is 0 Å². The molecule has 0 aliphatic heterocycles. The van der Waals surface area contributed by atoms with Gasteiger partial charge >= 0.3 is 0 Å². The summed E-state index contributed by atoms with van der Waals surface area (Å²) >= 11 is 11.9. The van der Waals surface area contributed by atoms with Crippen molar-refractivity contribution in [3.8, 4) is 0 Å². The summed E-state index contributed by atoms with van der Waals surface area (Å²) in [6.07, 6.45) is 1.56. The number of hydrogen-bond donors (Lipinski definition) is 1. The van der Waals surface area contributed by atoms with Gasteiger partial charge < -0.3 is 9.88 Å². The van der Waals surface area contributed by atoms with Crippen LogP contribution in [0, 0.1) is 0 Å². The lowest BCUT2D eigenvalue weighted by atomic mass is 10.2. The normalized spacial score (nSPS) is 11.0. The molecular weight excluding hydrogens is 417 g/mol. The Morgan fingerprint density at radius 1 is 0.900 bits per heavy atom. The molecule has 0 aliphatic carbocycles. The van der Waals surface area contributed by atoms with Gasteiger partial charge in [0.05, 0.1) is 11.0 Å². The topological polar surface area (TPSA) is 46.9 Å². The molecule has 0 spiro atoms. The van der Waals surface area contributed by atoms with Gasteiger partial charge in [0.25, 0.3) is 5.91 Å². The maximum absolute atomic E-state index is 12.3. The zero-order valence-electron chi connectivity index (χ0n) is 16.3. The first-order chi connectivity index (χ1) is 14.6. The molecule has 4 rings (SSSR count). The fourth-order valence-electron chi connectivity index (χ4n) is 3.42. The fraction of sp³-hybridized carbons (Fsp3) is 0.167. The summed E-state index contributed by atoms with van der Waals surface area (Å²) in [5, 5.41) is 4.31. The van der Waals surface area contributed by atoms with Crippen molar-refractivity contribution in [3.05, 3.63) is 99.8 Å². The van der Waals surface area contributed by atoms with E-state index in [-0.39, 0.29) is 5.91 Å². The van der Waals surface area contributed by atoms with Gasteiger partial charge in [0.2, 0.25) is 0 Å². The van der Waals surface area contributed by atoms with Crippen LogP contribution in [0.25, 0.3) is 11.0 Å². The minimum absolute atomic E-state index is 0.0960. The Labute approximate surface area is 185 Å². The van der Waals surface area contributed by atoms with Gasteiger partial charge in [-0.2, -0.15) is 0 Å². The molecule has 0 unspecified atom stereocenters. The van der Waals surface area contributed by atoms with Crippen molar-refractivity contribution in [1.82, 2.24) is 14.9 Å². The smallest absolute Gasteiger partial charge is 0.251 e. The quantitative estimate of drug-likeness (QED) is 0.373. The second-order valence-corrected chi connectivity index (χ2v) is 7.97.